The van der Waals surface area contributed by atoms with Crippen LogP contribution in [0.2, 0.25) is 0 Å². The van der Waals surface area contributed by atoms with Crippen LogP contribution in [0.25, 0.3) is 0 Å². The Morgan fingerprint density at radius 3 is 2.41 bits per heavy atom. The molecule has 2 aromatic carbocycles. The third kappa shape index (κ3) is 3.70. The summed E-state index contributed by atoms with van der Waals surface area (Å²) in [6.45, 7) is 6.39. The highest BCUT2D eigenvalue weighted by molar-refractivity contribution is 6.12. The summed E-state index contributed by atoms with van der Waals surface area (Å²) >= 11 is 0. The lowest BCUT2D eigenvalue weighted by Crippen LogP contribution is -2.06. The summed E-state index contributed by atoms with van der Waals surface area (Å²) in [5.41, 5.74) is 5.93. The number of rotatable bonds is 4. The van der Waals surface area contributed by atoms with Gasteiger partial charge < -0.3 is 0 Å². The summed E-state index contributed by atoms with van der Waals surface area (Å²) in [5, 5.41) is 0. The van der Waals surface area contributed by atoms with Crippen LogP contribution in [0.5, 0.6) is 0 Å². The molecule has 2 aromatic rings. The predicted octanol–water partition coefficient (Wildman–Crippen LogP) is 4.70. The first-order valence-electron chi connectivity index (χ1n) is 7.89. The Kier molecular flexibility index (Phi) is 5.65. The van der Waals surface area contributed by atoms with Gasteiger partial charge in [-0.3, -0.25) is 4.99 Å². The minimum absolute atomic E-state index is 0.790. The molecular formula is C20H24N2. The van der Waals surface area contributed by atoms with Crippen molar-refractivity contribution in [2.75, 3.05) is 7.05 Å². The van der Waals surface area contributed by atoms with Crippen molar-refractivity contribution in [1.29, 1.82) is 0 Å². The average molecular weight is 292 g/mol. The van der Waals surface area contributed by atoms with Crippen LogP contribution >= 0.6 is 0 Å². The van der Waals surface area contributed by atoms with Gasteiger partial charge in [-0.25, -0.2) is 4.99 Å². The third-order valence-electron chi connectivity index (χ3n) is 3.87. The maximum absolute atomic E-state index is 4.79. The molecule has 0 fully saturated rings. The van der Waals surface area contributed by atoms with Crippen molar-refractivity contribution in [3.63, 3.8) is 0 Å². The molecular weight excluding hydrogens is 268 g/mol. The largest absolute Gasteiger partial charge is 0.270 e. The molecule has 0 N–H and O–H groups in total. The minimum Gasteiger partial charge on any atom is -0.270 e. The second-order valence-electron chi connectivity index (χ2n) is 5.31. The monoisotopic (exact) mass is 292 g/mol. The smallest absolute Gasteiger partial charge is 0.154 e. The molecule has 2 rings (SSSR count). The van der Waals surface area contributed by atoms with E-state index in [4.69, 9.17) is 4.99 Å². The molecule has 0 amide bonds. The van der Waals surface area contributed by atoms with E-state index in [0.717, 1.165) is 30.0 Å². The molecule has 0 bridgehead atoms. The Hall–Kier alpha value is -2.22. The van der Waals surface area contributed by atoms with Gasteiger partial charge in [-0.1, -0.05) is 56.3 Å². The van der Waals surface area contributed by atoms with Gasteiger partial charge in [-0.05, 0) is 42.5 Å². The highest BCUT2D eigenvalue weighted by atomic mass is 14.9. The Bertz CT molecular complexity index is 696. The summed E-state index contributed by atoms with van der Waals surface area (Å²) in [7, 11) is 1.80. The molecule has 2 heteroatoms. The number of nitrogens with zero attached hydrogens (tertiary/aromatic N) is 2. The van der Waals surface area contributed by atoms with E-state index in [1.54, 1.807) is 7.05 Å². The second-order valence-corrected chi connectivity index (χ2v) is 5.31. The number of aliphatic imine (C=N–C) groups is 2. The highest BCUT2D eigenvalue weighted by Gasteiger charge is 2.07. The SMILES string of the molecule is CCc1cccc(C(=NC)N=C(C)c2ccccc2CC)c1. The third-order valence-corrected chi connectivity index (χ3v) is 3.87. The summed E-state index contributed by atoms with van der Waals surface area (Å²) in [6.07, 6.45) is 2.03. The predicted molar refractivity (Wildman–Crippen MR) is 96.3 cm³/mol. The fourth-order valence-electron chi connectivity index (χ4n) is 2.57. The molecule has 0 saturated carbocycles. The van der Waals surface area contributed by atoms with E-state index in [-0.39, 0.29) is 0 Å². The van der Waals surface area contributed by atoms with E-state index in [0.29, 0.717) is 0 Å². The fourth-order valence-corrected chi connectivity index (χ4v) is 2.57. The lowest BCUT2D eigenvalue weighted by molar-refractivity contribution is 1.13. The van der Waals surface area contributed by atoms with Gasteiger partial charge in [-0.15, -0.1) is 0 Å². The van der Waals surface area contributed by atoms with Crippen molar-refractivity contribution in [2.24, 2.45) is 9.98 Å². The zero-order valence-electron chi connectivity index (χ0n) is 13.9. The number of aryl methyl sites for hydroxylation is 2. The zero-order chi connectivity index (χ0) is 15.9. The normalized spacial score (nSPS) is 12.5. The molecule has 0 heterocycles. The van der Waals surface area contributed by atoms with Crippen molar-refractivity contribution in [3.8, 4) is 0 Å². The molecule has 0 radical (unpaired) electrons. The molecule has 0 aromatic heterocycles. The van der Waals surface area contributed by atoms with Gasteiger partial charge in [0.25, 0.3) is 0 Å². The molecule has 2 nitrogen and oxygen atoms in total. The van der Waals surface area contributed by atoms with Crippen LogP contribution < -0.4 is 0 Å². The van der Waals surface area contributed by atoms with Gasteiger partial charge in [0.15, 0.2) is 5.84 Å². The quantitative estimate of drug-likeness (QED) is 0.576. The Morgan fingerprint density at radius 1 is 0.955 bits per heavy atom. The van der Waals surface area contributed by atoms with E-state index in [1.807, 2.05) is 0 Å². The van der Waals surface area contributed by atoms with Crippen LogP contribution in [0.1, 0.15) is 43.0 Å². The molecule has 0 atom stereocenters. The van der Waals surface area contributed by atoms with Crippen molar-refractivity contribution in [1.82, 2.24) is 0 Å². The first-order valence-corrected chi connectivity index (χ1v) is 7.89. The molecule has 0 aliphatic carbocycles. The van der Waals surface area contributed by atoms with E-state index < -0.39 is 0 Å². The highest BCUT2D eigenvalue weighted by Crippen LogP contribution is 2.13. The second kappa shape index (κ2) is 7.69. The molecule has 0 spiro atoms. The Labute approximate surface area is 133 Å². The lowest BCUT2D eigenvalue weighted by Gasteiger charge is -2.09. The van der Waals surface area contributed by atoms with Crippen LogP contribution in [0, 0.1) is 0 Å². The fraction of sp³-hybridized carbons (Fsp3) is 0.300. The summed E-state index contributed by atoms with van der Waals surface area (Å²) in [6, 6.07) is 16.9. The van der Waals surface area contributed by atoms with E-state index in [9.17, 15) is 0 Å². The van der Waals surface area contributed by atoms with Gasteiger partial charge >= 0.3 is 0 Å². The van der Waals surface area contributed by atoms with Gasteiger partial charge in [0, 0.05) is 18.3 Å². The number of hydrogen-bond donors (Lipinski definition) is 0. The van der Waals surface area contributed by atoms with Crippen LogP contribution in [0.15, 0.2) is 58.5 Å². The number of amidine groups is 1. The molecule has 0 aliphatic heterocycles. The van der Waals surface area contributed by atoms with Crippen LogP contribution in [0.4, 0.5) is 0 Å². The number of hydrogen-bond acceptors (Lipinski definition) is 1. The molecule has 114 valence electrons. The van der Waals surface area contributed by atoms with E-state index in [1.165, 1.54) is 16.7 Å². The molecule has 0 saturated heterocycles. The van der Waals surface area contributed by atoms with E-state index in [2.05, 4.69) is 74.3 Å². The molecule has 0 aliphatic rings. The van der Waals surface area contributed by atoms with Crippen molar-refractivity contribution in [2.45, 2.75) is 33.6 Å². The summed E-state index contributed by atoms with van der Waals surface area (Å²) in [5.74, 6) is 0.790. The topological polar surface area (TPSA) is 24.7 Å². The zero-order valence-corrected chi connectivity index (χ0v) is 13.9. The van der Waals surface area contributed by atoms with Gasteiger partial charge in [0.05, 0.1) is 0 Å². The van der Waals surface area contributed by atoms with Crippen LogP contribution in [-0.4, -0.2) is 18.6 Å². The van der Waals surface area contributed by atoms with Gasteiger partial charge in [0.1, 0.15) is 0 Å². The lowest BCUT2D eigenvalue weighted by atomic mass is 10.0. The standard InChI is InChI=1S/C20H24N2/c1-5-16-10-9-12-18(14-16)20(21-4)22-15(3)19-13-8-7-11-17(19)6-2/h7-14H,5-6H2,1-4H3. The first kappa shape index (κ1) is 16.2. The Balaban J connectivity index is 2.40. The first-order chi connectivity index (χ1) is 10.7. The maximum atomic E-state index is 4.79. The summed E-state index contributed by atoms with van der Waals surface area (Å²) < 4.78 is 0. The minimum atomic E-state index is 0.790. The van der Waals surface area contributed by atoms with Crippen molar-refractivity contribution >= 4 is 11.5 Å². The van der Waals surface area contributed by atoms with E-state index >= 15 is 0 Å². The van der Waals surface area contributed by atoms with Gasteiger partial charge in [0.2, 0.25) is 0 Å². The maximum Gasteiger partial charge on any atom is 0.154 e. The molecule has 22 heavy (non-hydrogen) atoms. The van der Waals surface area contributed by atoms with Crippen molar-refractivity contribution in [3.05, 3.63) is 70.8 Å². The average Bonchev–Trinajstić information content (AvgIpc) is 2.59. The van der Waals surface area contributed by atoms with Crippen LogP contribution in [-0.2, 0) is 12.8 Å². The van der Waals surface area contributed by atoms with Crippen molar-refractivity contribution < 1.29 is 0 Å². The molecule has 0 unspecified atom stereocenters. The summed E-state index contributed by atoms with van der Waals surface area (Å²) in [4.78, 5) is 9.17. The number of benzene rings is 2. The van der Waals surface area contributed by atoms with Gasteiger partial charge in [-0.2, -0.15) is 0 Å². The van der Waals surface area contributed by atoms with Crippen LogP contribution in [0.3, 0.4) is 0 Å². The Morgan fingerprint density at radius 2 is 1.73 bits per heavy atom.